The van der Waals surface area contributed by atoms with Gasteiger partial charge >= 0.3 is 0 Å². The molecule has 2 aromatic rings. The van der Waals surface area contributed by atoms with E-state index >= 15 is 0 Å². The minimum absolute atomic E-state index is 0. The summed E-state index contributed by atoms with van der Waals surface area (Å²) in [6.45, 7) is 5.11. The summed E-state index contributed by atoms with van der Waals surface area (Å²) in [7, 11) is 0. The number of hydrogen-bond acceptors (Lipinski definition) is 2. The van der Waals surface area contributed by atoms with Crippen molar-refractivity contribution in [3.05, 3.63) is 69.6 Å². The number of nitrogens with zero attached hydrogens (tertiary/aromatic N) is 2. The third kappa shape index (κ3) is 5.25. The standard InChI is InChI=1S/C18H20BrFN3.Ac/c19-18-11-14(12-21)1-2-15(18)13-22-7-9-23(10-8-22)17-5-3-16(20)4-6-17;/h1-6,11,21H,7-10,12-13H2;/q-1;. The van der Waals surface area contributed by atoms with E-state index < -0.39 is 0 Å². The van der Waals surface area contributed by atoms with Crippen LogP contribution in [0.5, 0.6) is 0 Å². The van der Waals surface area contributed by atoms with E-state index in [2.05, 4.69) is 31.8 Å². The van der Waals surface area contributed by atoms with Gasteiger partial charge in [-0.25, -0.2) is 4.39 Å². The van der Waals surface area contributed by atoms with Crippen molar-refractivity contribution in [2.75, 3.05) is 31.1 Å². The molecule has 6 heteroatoms. The monoisotopic (exact) mass is 603 g/mol. The van der Waals surface area contributed by atoms with Gasteiger partial charge in [0.15, 0.2) is 0 Å². The van der Waals surface area contributed by atoms with E-state index in [0.717, 1.165) is 48.4 Å². The second-order valence-corrected chi connectivity index (χ2v) is 6.70. The van der Waals surface area contributed by atoms with Crippen LogP contribution in [0.3, 0.4) is 0 Å². The summed E-state index contributed by atoms with van der Waals surface area (Å²) in [4.78, 5) is 4.73. The molecule has 3 nitrogen and oxygen atoms in total. The van der Waals surface area contributed by atoms with Crippen molar-refractivity contribution in [1.29, 1.82) is 0 Å². The molecular formula is C18H20AcBrFN3-. The van der Waals surface area contributed by atoms with Crippen molar-refractivity contribution in [3.8, 4) is 0 Å². The molecule has 1 aliphatic rings. The summed E-state index contributed by atoms with van der Waals surface area (Å²) in [6, 6.07) is 12.9. The van der Waals surface area contributed by atoms with Crippen molar-refractivity contribution >= 4 is 21.6 Å². The maximum absolute atomic E-state index is 13.0. The van der Waals surface area contributed by atoms with Gasteiger partial charge in [-0.3, -0.25) is 4.90 Å². The Labute approximate surface area is 187 Å². The second kappa shape index (κ2) is 9.64. The topological polar surface area (TPSA) is 30.3 Å². The molecule has 24 heavy (non-hydrogen) atoms. The largest absolute Gasteiger partial charge is 0.674 e. The van der Waals surface area contributed by atoms with Crippen LogP contribution in [-0.2, 0) is 13.1 Å². The molecule has 2 aromatic carbocycles. The van der Waals surface area contributed by atoms with Gasteiger partial charge in [-0.2, -0.15) is 0 Å². The molecule has 0 bridgehead atoms. The molecule has 0 aromatic heterocycles. The minimum Gasteiger partial charge on any atom is -0.674 e. The smallest absolute Gasteiger partial charge is 0.123 e. The van der Waals surface area contributed by atoms with Gasteiger partial charge in [0.1, 0.15) is 5.82 Å². The van der Waals surface area contributed by atoms with Gasteiger partial charge in [-0.15, -0.1) is 6.54 Å². The van der Waals surface area contributed by atoms with Gasteiger partial charge in [-0.1, -0.05) is 33.6 Å². The molecule has 0 saturated carbocycles. The molecule has 1 radical (unpaired) electrons. The SMILES string of the molecule is [Ac].[NH-]Cc1ccc(CN2CCN(c3ccc(F)cc3)CC2)c(Br)c1. The van der Waals surface area contributed by atoms with Crippen LogP contribution in [0.1, 0.15) is 11.1 Å². The Morgan fingerprint density at radius 3 is 2.25 bits per heavy atom. The fourth-order valence-electron chi connectivity index (χ4n) is 2.89. The Balaban J connectivity index is 0.00000208. The first-order valence-electron chi connectivity index (χ1n) is 7.80. The quantitative estimate of drug-likeness (QED) is 0.517. The molecule has 0 atom stereocenters. The summed E-state index contributed by atoms with van der Waals surface area (Å²) in [5.41, 5.74) is 10.8. The second-order valence-electron chi connectivity index (χ2n) is 5.84. The third-order valence-electron chi connectivity index (χ3n) is 4.28. The fourth-order valence-corrected chi connectivity index (χ4v) is 3.44. The minimum atomic E-state index is -0.187. The average Bonchev–Trinajstić information content (AvgIpc) is 2.58. The number of anilines is 1. The van der Waals surface area contributed by atoms with E-state index in [0.29, 0.717) is 6.54 Å². The van der Waals surface area contributed by atoms with Gasteiger partial charge in [0.2, 0.25) is 0 Å². The van der Waals surface area contributed by atoms with Gasteiger partial charge in [0.25, 0.3) is 0 Å². The fraction of sp³-hybridized carbons (Fsp3) is 0.333. The summed E-state index contributed by atoms with van der Waals surface area (Å²) < 4.78 is 14.1. The van der Waals surface area contributed by atoms with Crippen molar-refractivity contribution in [3.63, 3.8) is 0 Å². The van der Waals surface area contributed by atoms with E-state index in [1.54, 1.807) is 0 Å². The van der Waals surface area contributed by atoms with Crippen LogP contribution in [0, 0.1) is 49.9 Å². The predicted molar refractivity (Wildman–Crippen MR) is 96.1 cm³/mol. The van der Waals surface area contributed by atoms with Crippen LogP contribution in [-0.4, -0.2) is 31.1 Å². The molecule has 1 N–H and O–H groups in total. The van der Waals surface area contributed by atoms with E-state index in [-0.39, 0.29) is 49.9 Å². The van der Waals surface area contributed by atoms with Crippen LogP contribution >= 0.6 is 15.9 Å². The van der Waals surface area contributed by atoms with Crippen LogP contribution < -0.4 is 4.90 Å². The Bertz CT molecular complexity index is 658. The maximum atomic E-state index is 13.0. The summed E-state index contributed by atoms with van der Waals surface area (Å²) >= 11 is 3.61. The van der Waals surface area contributed by atoms with Gasteiger partial charge in [0, 0.05) is 86.9 Å². The zero-order valence-corrected chi connectivity index (χ0v) is 19.8. The first-order chi connectivity index (χ1) is 11.2. The first-order valence-corrected chi connectivity index (χ1v) is 8.60. The number of nitrogens with one attached hydrogen (secondary N) is 1. The Morgan fingerprint density at radius 2 is 1.67 bits per heavy atom. The number of rotatable bonds is 4. The zero-order valence-electron chi connectivity index (χ0n) is 13.5. The summed E-state index contributed by atoms with van der Waals surface area (Å²) in [5.74, 6) is -0.187. The molecule has 1 aliphatic heterocycles. The van der Waals surface area contributed by atoms with Gasteiger partial charge < -0.3 is 10.6 Å². The summed E-state index contributed by atoms with van der Waals surface area (Å²) in [5, 5.41) is 0. The number of hydrogen-bond donors (Lipinski definition) is 0. The molecule has 0 aliphatic carbocycles. The maximum Gasteiger partial charge on any atom is 0.123 e. The van der Waals surface area contributed by atoms with Crippen LogP contribution in [0.4, 0.5) is 10.1 Å². The van der Waals surface area contributed by atoms with E-state index in [1.165, 1.54) is 17.7 Å². The first kappa shape index (κ1) is 20.3. The van der Waals surface area contributed by atoms with E-state index in [1.807, 2.05) is 24.3 Å². The zero-order chi connectivity index (χ0) is 16.2. The van der Waals surface area contributed by atoms with Crippen LogP contribution in [0.15, 0.2) is 46.9 Å². The number of benzene rings is 2. The molecule has 0 spiro atoms. The van der Waals surface area contributed by atoms with Crippen molar-refractivity contribution in [2.45, 2.75) is 13.1 Å². The van der Waals surface area contributed by atoms with Crippen molar-refractivity contribution in [1.82, 2.24) is 4.90 Å². The van der Waals surface area contributed by atoms with Crippen molar-refractivity contribution in [2.24, 2.45) is 0 Å². The molecule has 125 valence electrons. The number of halogens is 2. The van der Waals surface area contributed by atoms with Crippen molar-refractivity contribution < 1.29 is 48.5 Å². The van der Waals surface area contributed by atoms with Gasteiger partial charge in [0.05, 0.1) is 0 Å². The Hall–Kier alpha value is 0.0116. The Morgan fingerprint density at radius 1 is 1.00 bits per heavy atom. The van der Waals surface area contributed by atoms with E-state index in [9.17, 15) is 4.39 Å². The third-order valence-corrected chi connectivity index (χ3v) is 5.02. The normalized spacial score (nSPS) is 15.2. The Kier molecular flexibility index (Phi) is 8.16. The molecule has 1 saturated heterocycles. The van der Waals surface area contributed by atoms with Crippen LogP contribution in [0.2, 0.25) is 0 Å². The molecule has 1 fully saturated rings. The molecule has 0 unspecified atom stereocenters. The van der Waals surface area contributed by atoms with Gasteiger partial charge in [-0.05, 0) is 35.9 Å². The average molecular weight is 604 g/mol. The van der Waals surface area contributed by atoms with E-state index in [4.69, 9.17) is 5.73 Å². The molecular weight excluding hydrogens is 584 g/mol. The number of piperazine rings is 1. The molecule has 1 heterocycles. The molecule has 3 rings (SSSR count). The predicted octanol–water partition coefficient (Wildman–Crippen LogP) is 4.46. The summed E-state index contributed by atoms with van der Waals surface area (Å²) in [6.07, 6.45) is 0. The van der Waals surface area contributed by atoms with Crippen LogP contribution in [0.25, 0.3) is 5.73 Å². The molecule has 0 amide bonds.